The molecule has 3 N–H and O–H groups in total. The van der Waals surface area contributed by atoms with Gasteiger partial charge in [-0.15, -0.1) is 0 Å². The first-order valence-corrected chi connectivity index (χ1v) is 14.5. The molecular formula is C23H15AsN5O3S2. The SMILES string of the molecule is O=C1Nc2ccc3ncsc3c2/C1=C/[As]c1ccc(S(=O)(=O)Nc2ccc3cn[nH]c3c2)cc1. The van der Waals surface area contributed by atoms with Gasteiger partial charge in [-0.1, -0.05) is 0 Å². The van der Waals surface area contributed by atoms with Crippen molar-refractivity contribution in [1.29, 1.82) is 0 Å². The molecule has 1 aliphatic heterocycles. The van der Waals surface area contributed by atoms with Crippen molar-refractivity contribution in [2.75, 3.05) is 10.0 Å². The molecule has 0 saturated heterocycles. The topological polar surface area (TPSA) is 117 Å². The first-order valence-electron chi connectivity index (χ1n) is 10.1. The second-order valence-electron chi connectivity index (χ2n) is 7.59. The fourth-order valence-corrected chi connectivity index (χ4v) is 7.47. The number of benzene rings is 3. The Morgan fingerprint density at radius 2 is 1.91 bits per heavy atom. The quantitative estimate of drug-likeness (QED) is 0.230. The molecule has 8 nitrogen and oxygen atoms in total. The molecular weight excluding hydrogens is 533 g/mol. The molecule has 167 valence electrons. The van der Waals surface area contributed by atoms with Crippen LogP contribution in [0.1, 0.15) is 5.56 Å². The Balaban J connectivity index is 1.23. The number of nitrogens with zero attached hydrogens (tertiary/aromatic N) is 2. The van der Waals surface area contributed by atoms with E-state index in [2.05, 4.69) is 25.2 Å². The second-order valence-corrected chi connectivity index (χ2v) is 12.3. The summed E-state index contributed by atoms with van der Waals surface area (Å²) in [6.45, 7) is 0. The molecule has 0 unspecified atom stereocenters. The van der Waals surface area contributed by atoms with E-state index >= 15 is 0 Å². The Hall–Kier alpha value is -3.46. The number of carbonyl (C=O) groups is 1. The van der Waals surface area contributed by atoms with Crippen molar-refractivity contribution in [2.24, 2.45) is 0 Å². The molecule has 0 bridgehead atoms. The van der Waals surface area contributed by atoms with E-state index in [1.165, 1.54) is 11.3 Å². The fraction of sp³-hybridized carbons (Fsp3) is 0. The van der Waals surface area contributed by atoms with Crippen molar-refractivity contribution in [1.82, 2.24) is 15.2 Å². The third-order valence-corrected chi connectivity index (χ3v) is 9.77. The molecule has 1 aliphatic rings. The molecule has 0 saturated carbocycles. The number of hydrogen-bond acceptors (Lipinski definition) is 6. The van der Waals surface area contributed by atoms with Crippen molar-refractivity contribution in [2.45, 2.75) is 4.90 Å². The van der Waals surface area contributed by atoms with Crippen LogP contribution in [0.4, 0.5) is 11.4 Å². The summed E-state index contributed by atoms with van der Waals surface area (Å²) < 4.78 is 30.3. The Morgan fingerprint density at radius 1 is 1.06 bits per heavy atom. The molecule has 11 heteroatoms. The van der Waals surface area contributed by atoms with Gasteiger partial charge in [-0.25, -0.2) is 0 Å². The van der Waals surface area contributed by atoms with Crippen molar-refractivity contribution in [3.05, 3.63) is 76.7 Å². The van der Waals surface area contributed by atoms with E-state index in [1.54, 1.807) is 54.2 Å². The predicted octanol–water partition coefficient (Wildman–Crippen LogP) is 3.30. The Kier molecular flexibility index (Phi) is 5.02. The summed E-state index contributed by atoms with van der Waals surface area (Å²) in [6.07, 6.45) is 1.68. The van der Waals surface area contributed by atoms with Gasteiger partial charge in [0.05, 0.1) is 0 Å². The average molecular weight is 548 g/mol. The zero-order valence-corrected chi connectivity index (χ0v) is 20.8. The summed E-state index contributed by atoms with van der Waals surface area (Å²) in [5, 5.41) is 10.6. The molecule has 3 aromatic carbocycles. The zero-order chi connectivity index (χ0) is 23.3. The maximum atomic E-state index is 12.8. The summed E-state index contributed by atoms with van der Waals surface area (Å²) in [5.74, 6) is -0.121. The summed E-state index contributed by atoms with van der Waals surface area (Å²) in [5.41, 5.74) is 6.21. The molecule has 2 aromatic heterocycles. The molecule has 5 aromatic rings. The summed E-state index contributed by atoms with van der Waals surface area (Å²) in [6, 6.07) is 15.8. The van der Waals surface area contributed by atoms with Gasteiger partial charge in [0.2, 0.25) is 0 Å². The van der Waals surface area contributed by atoms with E-state index < -0.39 is 25.8 Å². The minimum atomic E-state index is -3.74. The summed E-state index contributed by atoms with van der Waals surface area (Å²) in [4.78, 5) is 19.1. The van der Waals surface area contributed by atoms with Crippen LogP contribution in [0.5, 0.6) is 0 Å². The second kappa shape index (κ2) is 8.09. The maximum absolute atomic E-state index is 12.8. The first kappa shape index (κ1) is 21.1. The predicted molar refractivity (Wildman–Crippen MR) is 135 cm³/mol. The van der Waals surface area contributed by atoms with Crippen LogP contribution in [-0.2, 0) is 14.8 Å². The van der Waals surface area contributed by atoms with Crippen molar-refractivity contribution in [3.8, 4) is 0 Å². The molecule has 3 heterocycles. The van der Waals surface area contributed by atoms with Crippen LogP contribution in [0.15, 0.2) is 76.1 Å². The number of sulfonamides is 1. The molecule has 1 amide bonds. The van der Waals surface area contributed by atoms with Gasteiger partial charge in [0, 0.05) is 0 Å². The standard InChI is InChI=1S/C23H15AsN5O3S2/c30-23-17(21-18(27-23)7-8-19-22(21)33-12-25-19)10-24-14-2-5-16(6-3-14)34(31,32)29-15-4-1-13-11-26-28-20(13)9-15/h1-12,29H,(H,26,28)(H,27,30)/b17-10-. The number of fused-ring (bicyclic) bond motifs is 4. The minimum absolute atomic E-state index is 0.121. The Labute approximate surface area is 204 Å². The van der Waals surface area contributed by atoms with E-state index in [4.69, 9.17) is 0 Å². The van der Waals surface area contributed by atoms with Gasteiger partial charge in [-0.05, 0) is 0 Å². The third-order valence-electron chi connectivity index (χ3n) is 5.45. The van der Waals surface area contributed by atoms with E-state index in [0.29, 0.717) is 11.3 Å². The monoisotopic (exact) mass is 548 g/mol. The number of nitrogens with one attached hydrogen (secondary N) is 3. The van der Waals surface area contributed by atoms with E-state index in [-0.39, 0.29) is 10.8 Å². The van der Waals surface area contributed by atoms with Crippen molar-refractivity contribution in [3.63, 3.8) is 0 Å². The van der Waals surface area contributed by atoms with Gasteiger partial charge in [0.1, 0.15) is 0 Å². The number of thiazole rings is 1. The van der Waals surface area contributed by atoms with E-state index in [9.17, 15) is 13.2 Å². The van der Waals surface area contributed by atoms with Crippen LogP contribution in [-0.4, -0.2) is 45.3 Å². The van der Waals surface area contributed by atoms with E-state index in [1.807, 2.05) is 17.0 Å². The van der Waals surface area contributed by atoms with Gasteiger partial charge in [0.25, 0.3) is 0 Å². The van der Waals surface area contributed by atoms with Crippen LogP contribution >= 0.6 is 11.3 Å². The summed E-state index contributed by atoms with van der Waals surface area (Å²) >= 11 is 1.02. The molecule has 0 spiro atoms. The van der Waals surface area contributed by atoms with E-state index in [0.717, 1.165) is 36.7 Å². The molecule has 0 fully saturated rings. The number of aromatic nitrogens is 3. The normalized spacial score (nSPS) is 14.9. The van der Waals surface area contributed by atoms with Gasteiger partial charge in [-0.3, -0.25) is 0 Å². The van der Waals surface area contributed by atoms with Crippen LogP contribution in [0.2, 0.25) is 0 Å². The van der Waals surface area contributed by atoms with Crippen molar-refractivity contribution >= 4 is 85.4 Å². The number of hydrogen-bond donors (Lipinski definition) is 3. The van der Waals surface area contributed by atoms with Gasteiger partial charge in [0.15, 0.2) is 0 Å². The van der Waals surface area contributed by atoms with Crippen LogP contribution in [0.25, 0.3) is 26.7 Å². The van der Waals surface area contributed by atoms with Gasteiger partial charge >= 0.3 is 205 Å². The van der Waals surface area contributed by atoms with Crippen molar-refractivity contribution < 1.29 is 13.2 Å². The average Bonchev–Trinajstić information content (AvgIpc) is 3.55. The van der Waals surface area contributed by atoms with Crippen LogP contribution in [0.3, 0.4) is 0 Å². The first-order chi connectivity index (χ1) is 16.5. The van der Waals surface area contributed by atoms with Gasteiger partial charge in [-0.2, -0.15) is 0 Å². The number of rotatable bonds is 5. The zero-order valence-electron chi connectivity index (χ0n) is 17.3. The molecule has 6 rings (SSSR count). The number of anilines is 2. The third kappa shape index (κ3) is 3.69. The van der Waals surface area contributed by atoms with Crippen LogP contribution < -0.4 is 14.4 Å². The molecule has 1 radical (unpaired) electrons. The fourth-order valence-electron chi connectivity index (χ4n) is 3.79. The molecule has 0 atom stereocenters. The summed E-state index contributed by atoms with van der Waals surface area (Å²) in [7, 11) is -3.74. The number of carbonyl (C=O) groups excluding carboxylic acids is 1. The Morgan fingerprint density at radius 3 is 2.76 bits per heavy atom. The number of aromatic amines is 1. The Bertz CT molecular complexity index is 1720. The van der Waals surface area contributed by atoms with Gasteiger partial charge < -0.3 is 0 Å². The molecule has 34 heavy (non-hydrogen) atoms. The number of H-pyrrole nitrogens is 1. The molecule has 0 aliphatic carbocycles. The van der Waals surface area contributed by atoms with Crippen LogP contribution in [0, 0.1) is 0 Å². The number of amides is 1.